The standard InChI is InChI=1S/C18H17Cl2N5/c1-11(2)10-24(3)18-15(13-6-4-5-7-14(13)19)16(20)23-17-12(8-21)9-22-25(17)18/h4-7,9,11H,10H2,1-3H3. The van der Waals surface area contributed by atoms with Gasteiger partial charge in [0.1, 0.15) is 22.6 Å². The molecule has 0 spiro atoms. The van der Waals surface area contributed by atoms with E-state index in [0.29, 0.717) is 32.9 Å². The summed E-state index contributed by atoms with van der Waals surface area (Å²) >= 11 is 12.9. The number of rotatable bonds is 4. The van der Waals surface area contributed by atoms with Crippen LogP contribution in [0.4, 0.5) is 5.82 Å². The second kappa shape index (κ2) is 6.91. The minimum Gasteiger partial charge on any atom is -0.359 e. The van der Waals surface area contributed by atoms with E-state index in [1.807, 2.05) is 31.3 Å². The van der Waals surface area contributed by atoms with E-state index in [2.05, 4.69) is 34.9 Å². The van der Waals surface area contributed by atoms with Gasteiger partial charge in [0, 0.05) is 24.2 Å². The molecular weight excluding hydrogens is 357 g/mol. The predicted molar refractivity (Wildman–Crippen MR) is 101 cm³/mol. The Morgan fingerprint density at radius 3 is 2.64 bits per heavy atom. The summed E-state index contributed by atoms with van der Waals surface area (Å²) in [7, 11) is 1.97. The van der Waals surface area contributed by atoms with Crippen LogP contribution in [0.15, 0.2) is 30.5 Å². The van der Waals surface area contributed by atoms with E-state index < -0.39 is 0 Å². The van der Waals surface area contributed by atoms with Crippen molar-refractivity contribution >= 4 is 34.7 Å². The minimum atomic E-state index is 0.295. The van der Waals surface area contributed by atoms with Gasteiger partial charge in [-0.25, -0.2) is 4.98 Å². The number of nitrogens with zero attached hydrogens (tertiary/aromatic N) is 5. The van der Waals surface area contributed by atoms with Crippen LogP contribution in [0.1, 0.15) is 19.4 Å². The van der Waals surface area contributed by atoms with Gasteiger partial charge < -0.3 is 4.90 Å². The molecule has 0 unspecified atom stereocenters. The summed E-state index contributed by atoms with van der Waals surface area (Å²) in [5.74, 6) is 1.19. The number of anilines is 1. The van der Waals surface area contributed by atoms with Gasteiger partial charge in [-0.1, -0.05) is 55.2 Å². The Bertz CT molecular complexity index is 971. The molecule has 2 aromatic heterocycles. The number of hydrogen-bond donors (Lipinski definition) is 0. The van der Waals surface area contributed by atoms with Gasteiger partial charge >= 0.3 is 0 Å². The molecule has 0 atom stereocenters. The van der Waals surface area contributed by atoms with E-state index in [1.165, 1.54) is 6.20 Å². The predicted octanol–water partition coefficient (Wildman–Crippen LogP) is 4.67. The van der Waals surface area contributed by atoms with Crippen LogP contribution in [-0.2, 0) is 0 Å². The summed E-state index contributed by atoms with van der Waals surface area (Å²) in [6.45, 7) is 5.06. The van der Waals surface area contributed by atoms with Crippen LogP contribution in [0.5, 0.6) is 0 Å². The zero-order valence-electron chi connectivity index (χ0n) is 14.2. The molecule has 0 aliphatic heterocycles. The van der Waals surface area contributed by atoms with Crippen molar-refractivity contribution in [2.45, 2.75) is 13.8 Å². The van der Waals surface area contributed by atoms with Crippen LogP contribution in [0, 0.1) is 17.2 Å². The third-order valence-electron chi connectivity index (χ3n) is 3.84. The third kappa shape index (κ3) is 3.15. The van der Waals surface area contributed by atoms with E-state index in [0.717, 1.165) is 17.9 Å². The lowest BCUT2D eigenvalue weighted by Crippen LogP contribution is -2.26. The van der Waals surface area contributed by atoms with Crippen LogP contribution in [-0.4, -0.2) is 28.2 Å². The second-order valence-corrected chi connectivity index (χ2v) is 7.03. The topological polar surface area (TPSA) is 57.2 Å². The zero-order valence-corrected chi connectivity index (χ0v) is 15.7. The molecule has 0 saturated heterocycles. The first-order valence-corrected chi connectivity index (χ1v) is 8.63. The molecule has 128 valence electrons. The number of benzene rings is 1. The summed E-state index contributed by atoms with van der Waals surface area (Å²) in [5.41, 5.74) is 2.31. The molecule has 1 aromatic carbocycles. The second-order valence-electron chi connectivity index (χ2n) is 6.26. The average molecular weight is 374 g/mol. The van der Waals surface area contributed by atoms with Crippen molar-refractivity contribution in [3.8, 4) is 17.2 Å². The van der Waals surface area contributed by atoms with Gasteiger partial charge in [0.15, 0.2) is 5.65 Å². The first kappa shape index (κ1) is 17.5. The van der Waals surface area contributed by atoms with Crippen molar-refractivity contribution in [3.63, 3.8) is 0 Å². The lowest BCUT2D eigenvalue weighted by atomic mass is 10.1. The fourth-order valence-electron chi connectivity index (χ4n) is 2.91. The SMILES string of the molecule is CC(C)CN(C)c1c(-c2ccccc2Cl)c(Cl)nc2c(C#N)cnn12. The van der Waals surface area contributed by atoms with Crippen LogP contribution in [0.2, 0.25) is 10.2 Å². The molecule has 0 aliphatic carbocycles. The van der Waals surface area contributed by atoms with Gasteiger partial charge in [0.05, 0.1) is 11.8 Å². The summed E-state index contributed by atoms with van der Waals surface area (Å²) in [5, 5.41) is 14.5. The van der Waals surface area contributed by atoms with E-state index in [4.69, 9.17) is 23.2 Å². The van der Waals surface area contributed by atoms with Crippen molar-refractivity contribution in [1.82, 2.24) is 14.6 Å². The summed E-state index contributed by atoms with van der Waals surface area (Å²) < 4.78 is 1.66. The molecule has 0 fully saturated rings. The average Bonchev–Trinajstić information content (AvgIpc) is 2.96. The van der Waals surface area contributed by atoms with Crippen LogP contribution < -0.4 is 4.90 Å². The highest BCUT2D eigenvalue weighted by atomic mass is 35.5. The molecule has 5 nitrogen and oxygen atoms in total. The maximum absolute atomic E-state index is 9.30. The molecular formula is C18H17Cl2N5. The molecule has 0 bridgehead atoms. The summed E-state index contributed by atoms with van der Waals surface area (Å²) in [4.78, 5) is 6.47. The number of aromatic nitrogens is 3. The van der Waals surface area contributed by atoms with Crippen molar-refractivity contribution in [3.05, 3.63) is 46.2 Å². The van der Waals surface area contributed by atoms with Gasteiger partial charge in [-0.15, -0.1) is 0 Å². The maximum Gasteiger partial charge on any atom is 0.176 e. The quantitative estimate of drug-likeness (QED) is 0.623. The van der Waals surface area contributed by atoms with Crippen LogP contribution in [0.3, 0.4) is 0 Å². The van der Waals surface area contributed by atoms with Gasteiger partial charge in [0.25, 0.3) is 0 Å². The molecule has 3 aromatic rings. The van der Waals surface area contributed by atoms with Crippen molar-refractivity contribution < 1.29 is 0 Å². The number of hydrogen-bond acceptors (Lipinski definition) is 4. The van der Waals surface area contributed by atoms with Gasteiger partial charge in [-0.3, -0.25) is 0 Å². The first-order chi connectivity index (χ1) is 11.9. The van der Waals surface area contributed by atoms with Crippen molar-refractivity contribution in [2.75, 3.05) is 18.5 Å². The van der Waals surface area contributed by atoms with Crippen LogP contribution in [0.25, 0.3) is 16.8 Å². The number of nitriles is 1. The minimum absolute atomic E-state index is 0.295. The Morgan fingerprint density at radius 1 is 1.28 bits per heavy atom. The fourth-order valence-corrected chi connectivity index (χ4v) is 3.41. The molecule has 0 radical (unpaired) electrons. The Labute approximate surface area is 156 Å². The fraction of sp³-hybridized carbons (Fsp3) is 0.278. The molecule has 0 amide bonds. The van der Waals surface area contributed by atoms with E-state index >= 15 is 0 Å². The highest BCUT2D eigenvalue weighted by Gasteiger charge is 2.23. The largest absolute Gasteiger partial charge is 0.359 e. The van der Waals surface area contributed by atoms with Crippen molar-refractivity contribution in [2.24, 2.45) is 5.92 Å². The molecule has 7 heteroatoms. The monoisotopic (exact) mass is 373 g/mol. The highest BCUT2D eigenvalue weighted by Crippen LogP contribution is 2.40. The Kier molecular flexibility index (Phi) is 4.85. The molecule has 0 aliphatic rings. The zero-order chi connectivity index (χ0) is 18.1. The highest BCUT2D eigenvalue weighted by molar-refractivity contribution is 6.36. The maximum atomic E-state index is 9.30. The molecule has 0 saturated carbocycles. The van der Waals surface area contributed by atoms with Crippen molar-refractivity contribution in [1.29, 1.82) is 5.26 Å². The number of fused-ring (bicyclic) bond motifs is 1. The molecule has 25 heavy (non-hydrogen) atoms. The smallest absolute Gasteiger partial charge is 0.176 e. The lowest BCUT2D eigenvalue weighted by molar-refractivity contribution is 0.630. The third-order valence-corrected chi connectivity index (χ3v) is 4.45. The summed E-state index contributed by atoms with van der Waals surface area (Å²) in [6.07, 6.45) is 1.50. The lowest BCUT2D eigenvalue weighted by Gasteiger charge is -2.25. The Hall–Kier alpha value is -2.29. The van der Waals surface area contributed by atoms with Gasteiger partial charge in [-0.05, 0) is 12.0 Å². The van der Waals surface area contributed by atoms with Gasteiger partial charge in [-0.2, -0.15) is 14.9 Å². The van der Waals surface area contributed by atoms with E-state index in [1.54, 1.807) is 4.52 Å². The Balaban J connectivity index is 2.38. The normalized spacial score (nSPS) is 11.1. The first-order valence-electron chi connectivity index (χ1n) is 7.87. The van der Waals surface area contributed by atoms with E-state index in [9.17, 15) is 5.26 Å². The molecule has 2 heterocycles. The summed E-state index contributed by atoms with van der Waals surface area (Å²) in [6, 6.07) is 9.59. The molecule has 0 N–H and O–H groups in total. The Morgan fingerprint density at radius 2 is 2.00 bits per heavy atom. The van der Waals surface area contributed by atoms with Crippen LogP contribution >= 0.6 is 23.2 Å². The number of halogens is 2. The molecule has 3 rings (SSSR count). The van der Waals surface area contributed by atoms with Gasteiger partial charge in [0.2, 0.25) is 0 Å². The van der Waals surface area contributed by atoms with E-state index in [-0.39, 0.29) is 0 Å².